The topological polar surface area (TPSA) is 109 Å². The molecular formula is C48H42Cl8N8S8. The van der Waals surface area contributed by atoms with Crippen molar-refractivity contribution in [2.75, 3.05) is 93.1 Å². The molecule has 2 N–H and O–H groups in total. The number of halogens is 8. The lowest BCUT2D eigenvalue weighted by Crippen LogP contribution is -1.90. The molecule has 7 aromatic rings. The summed E-state index contributed by atoms with van der Waals surface area (Å²) in [5, 5.41) is 3.48. The standard InChI is InChI=1S/C48H42Cl8N8S8/c49-1-9-65-33-17-25-26(18-34(33)66-10-2-50)42-57-41(25)61-43-27-19-35(67-11-3-51)36(68-12-4-52)20-28(27)45(58-43)63-47-31-23-39(71-15-7-55)40(72-16-8-56)24-32(31)48(60-47)64-46-30-22-38(70-14-6-54)37(69-13-5-53)21-29(30)44(59-46)62-42/h17-24H,1-16H2,(H2,57,58,59,60,61,62,63,64). The number of alkyl halides is 8. The molecule has 3 aromatic heterocycles. The SMILES string of the molecule is ClCCSc1cc2c(cc1SCCCl)-c1nc-2nc2[nH]c(nc3nc(nc4[nH]c(n1)c1cc(SCCCl)c(SCCCl)cc41)-c1cc(SCCCl)c(SCCCl)cc1-3)c1cc(SCCCl)c(SCCCl)cc21. The van der Waals surface area contributed by atoms with E-state index < -0.39 is 0 Å². The van der Waals surface area contributed by atoms with Crippen LogP contribution in [0.15, 0.2) is 87.7 Å². The second-order valence-electron chi connectivity index (χ2n) is 15.3. The fraction of sp³-hybridized carbons (Fsp3) is 0.333. The minimum absolute atomic E-state index is 0.497. The van der Waals surface area contributed by atoms with Gasteiger partial charge in [-0.05, 0) is 48.5 Å². The Hall–Kier alpha value is -0.640. The quantitative estimate of drug-likeness (QED) is 0.0442. The van der Waals surface area contributed by atoms with Gasteiger partial charge in [0.15, 0.2) is 23.3 Å². The van der Waals surface area contributed by atoms with E-state index in [2.05, 4.69) is 58.5 Å². The second-order valence-corrected chi connectivity index (χ2v) is 27.4. The summed E-state index contributed by atoms with van der Waals surface area (Å²) in [6.45, 7) is 0. The molecule has 8 bridgehead atoms. The molecule has 24 heteroatoms. The molecule has 72 heavy (non-hydrogen) atoms. The van der Waals surface area contributed by atoms with Crippen molar-refractivity contribution in [3.8, 4) is 45.6 Å². The molecule has 0 amide bonds. The van der Waals surface area contributed by atoms with Gasteiger partial charge in [-0.25, -0.2) is 29.9 Å². The summed E-state index contributed by atoms with van der Waals surface area (Å²) in [7, 11) is 0. The number of hydrogen-bond acceptors (Lipinski definition) is 14. The Labute approximate surface area is 491 Å². The maximum atomic E-state index is 6.30. The largest absolute Gasteiger partial charge is 0.324 e. The van der Waals surface area contributed by atoms with Crippen molar-refractivity contribution < 1.29 is 0 Å². The van der Waals surface area contributed by atoms with Gasteiger partial charge in [0.2, 0.25) is 0 Å². The Bertz CT molecular complexity index is 2860. The molecule has 0 saturated heterocycles. The van der Waals surface area contributed by atoms with Crippen molar-refractivity contribution in [1.82, 2.24) is 39.9 Å². The summed E-state index contributed by atoms with van der Waals surface area (Å²) in [5.41, 5.74) is 5.73. The van der Waals surface area contributed by atoms with Crippen molar-refractivity contribution in [3.63, 3.8) is 0 Å². The van der Waals surface area contributed by atoms with Crippen molar-refractivity contribution >= 4 is 231 Å². The normalized spacial score (nSPS) is 12.1. The highest BCUT2D eigenvalue weighted by atomic mass is 35.5. The molecule has 2 aliphatic heterocycles. The minimum atomic E-state index is 0.497. The number of thioether (sulfide) groups is 8. The van der Waals surface area contributed by atoms with Crippen molar-refractivity contribution in [3.05, 3.63) is 48.5 Å². The van der Waals surface area contributed by atoms with Crippen LogP contribution >= 0.6 is 187 Å². The molecule has 8 nitrogen and oxygen atoms in total. The molecule has 0 saturated carbocycles. The van der Waals surface area contributed by atoms with E-state index in [1.54, 1.807) is 94.1 Å². The number of benzene rings is 4. The number of aromatic nitrogens is 8. The molecule has 0 fully saturated rings. The van der Waals surface area contributed by atoms with E-state index in [1.807, 2.05) is 0 Å². The maximum Gasteiger partial charge on any atom is 0.164 e. The zero-order valence-electron chi connectivity index (χ0n) is 37.9. The van der Waals surface area contributed by atoms with E-state index >= 15 is 0 Å². The molecule has 0 radical (unpaired) electrons. The average Bonchev–Trinajstić information content (AvgIpc) is 4.11. The maximum absolute atomic E-state index is 6.30. The van der Waals surface area contributed by atoms with Gasteiger partial charge in [-0.3, -0.25) is 0 Å². The van der Waals surface area contributed by atoms with E-state index in [1.165, 1.54) is 0 Å². The molecule has 9 rings (SSSR count). The lowest BCUT2D eigenvalue weighted by Gasteiger charge is -2.11. The summed E-state index contributed by atoms with van der Waals surface area (Å²) < 4.78 is 0. The number of H-pyrrole nitrogens is 2. The number of rotatable bonds is 24. The number of aromatic amines is 2. The Balaban J connectivity index is 1.44. The van der Waals surface area contributed by atoms with Crippen LogP contribution in [0.25, 0.3) is 89.7 Å². The first kappa shape index (κ1) is 56.1. The van der Waals surface area contributed by atoms with Gasteiger partial charge in [0.1, 0.15) is 22.6 Å². The number of nitrogens with zero attached hydrogens (tertiary/aromatic N) is 6. The number of nitrogens with one attached hydrogen (secondary N) is 2. The Morgan fingerprint density at radius 3 is 0.625 bits per heavy atom. The molecule has 378 valence electrons. The van der Waals surface area contributed by atoms with Crippen LogP contribution in [0.5, 0.6) is 0 Å². The van der Waals surface area contributed by atoms with E-state index in [0.717, 1.165) is 129 Å². The lowest BCUT2D eigenvalue weighted by atomic mass is 10.1. The minimum Gasteiger partial charge on any atom is -0.324 e. The summed E-state index contributed by atoms with van der Waals surface area (Å²) in [6, 6.07) is 17.4. The van der Waals surface area contributed by atoms with Crippen LogP contribution < -0.4 is 0 Å². The third-order valence-electron chi connectivity index (χ3n) is 10.8. The molecule has 5 heterocycles. The Kier molecular flexibility index (Phi) is 21.3. The molecular weight excluding hydrogens is 1230 g/mol. The highest BCUT2D eigenvalue weighted by Crippen LogP contribution is 2.46. The smallest absolute Gasteiger partial charge is 0.164 e. The van der Waals surface area contributed by atoms with Gasteiger partial charge in [-0.15, -0.1) is 187 Å². The molecule has 4 aromatic carbocycles. The third kappa shape index (κ3) is 12.8. The first-order valence-electron chi connectivity index (χ1n) is 22.4. The second kappa shape index (κ2) is 27.3. The van der Waals surface area contributed by atoms with Gasteiger partial charge in [0, 0.05) is 176 Å². The molecule has 0 aliphatic carbocycles. The first-order valence-corrected chi connectivity index (χ1v) is 34.5. The van der Waals surface area contributed by atoms with Crippen LogP contribution in [0.4, 0.5) is 0 Å². The van der Waals surface area contributed by atoms with Gasteiger partial charge >= 0.3 is 0 Å². The van der Waals surface area contributed by atoms with Crippen LogP contribution in [0.1, 0.15) is 0 Å². The van der Waals surface area contributed by atoms with Crippen molar-refractivity contribution in [2.24, 2.45) is 0 Å². The molecule has 0 atom stereocenters. The van der Waals surface area contributed by atoms with Gasteiger partial charge in [-0.1, -0.05) is 0 Å². The van der Waals surface area contributed by atoms with Gasteiger partial charge in [0.05, 0.1) is 0 Å². The summed E-state index contributed by atoms with van der Waals surface area (Å²) >= 11 is 64.0. The van der Waals surface area contributed by atoms with E-state index in [-0.39, 0.29) is 0 Å². The molecule has 0 unspecified atom stereocenters. The van der Waals surface area contributed by atoms with Crippen LogP contribution in [0.3, 0.4) is 0 Å². The monoisotopic (exact) mass is 1270 g/mol. The van der Waals surface area contributed by atoms with Crippen molar-refractivity contribution in [1.29, 1.82) is 0 Å². The highest BCUT2D eigenvalue weighted by molar-refractivity contribution is 8.03. The predicted octanol–water partition coefficient (Wildman–Crippen LogP) is 17.5. The average molecular weight is 1270 g/mol. The van der Waals surface area contributed by atoms with Gasteiger partial charge in [0.25, 0.3) is 0 Å². The number of fused-ring (bicyclic) bond motifs is 20. The van der Waals surface area contributed by atoms with Crippen LogP contribution in [0, 0.1) is 0 Å². The van der Waals surface area contributed by atoms with Gasteiger partial charge in [-0.2, -0.15) is 0 Å². The zero-order chi connectivity index (χ0) is 50.1. The van der Waals surface area contributed by atoms with Crippen molar-refractivity contribution in [2.45, 2.75) is 39.2 Å². The third-order valence-corrected chi connectivity index (χ3v) is 23.0. The predicted molar refractivity (Wildman–Crippen MR) is 328 cm³/mol. The Morgan fingerprint density at radius 2 is 0.444 bits per heavy atom. The molecule has 2 aliphatic rings. The van der Waals surface area contributed by atoms with Crippen LogP contribution in [-0.2, 0) is 0 Å². The Morgan fingerprint density at radius 1 is 0.264 bits per heavy atom. The fourth-order valence-corrected chi connectivity index (χ4v) is 16.8. The first-order chi connectivity index (χ1) is 35.3. The van der Waals surface area contributed by atoms with E-state index in [0.29, 0.717) is 92.9 Å². The summed E-state index contributed by atoms with van der Waals surface area (Å²) in [6.07, 6.45) is 0. The lowest BCUT2D eigenvalue weighted by molar-refractivity contribution is 1.19. The summed E-state index contributed by atoms with van der Waals surface area (Å²) in [4.78, 5) is 48.2. The zero-order valence-corrected chi connectivity index (χ0v) is 50.5. The van der Waals surface area contributed by atoms with Crippen LogP contribution in [-0.4, -0.2) is 133 Å². The van der Waals surface area contributed by atoms with Crippen LogP contribution in [0.2, 0.25) is 0 Å². The summed E-state index contributed by atoms with van der Waals surface area (Å²) in [5.74, 6) is 11.8. The number of hydrogen-bond donors (Lipinski definition) is 2. The highest BCUT2D eigenvalue weighted by Gasteiger charge is 2.27. The molecule has 0 spiro atoms. The van der Waals surface area contributed by atoms with E-state index in [4.69, 9.17) is 123 Å². The van der Waals surface area contributed by atoms with E-state index in [9.17, 15) is 0 Å². The van der Waals surface area contributed by atoms with Gasteiger partial charge < -0.3 is 9.97 Å². The fourth-order valence-electron chi connectivity index (χ4n) is 7.91.